The maximum Gasteiger partial charge on any atom is 0.137 e. The van der Waals surface area contributed by atoms with Crippen LogP contribution < -0.4 is 9.80 Å². The standard InChI is InChI=1S/C54H38N2O/c1-4-12-39(13-5-1)41-20-28-46(29-21-41)55(47-30-22-42(23-31-47)40-14-6-2-7-15-40)48-32-24-43(25-33-48)44-26-34-49(35-27-44)56(45-16-8-3-9-17-45)50-36-37-52-51-18-10-11-19-53(51)57-54(52)38-50/h1-38H. The second-order valence-electron chi connectivity index (χ2n) is 14.2. The first-order valence-electron chi connectivity index (χ1n) is 19.3. The Balaban J connectivity index is 0.971. The van der Waals surface area contributed by atoms with Gasteiger partial charge in [0, 0.05) is 51.0 Å². The molecule has 0 amide bonds. The maximum absolute atomic E-state index is 6.29. The summed E-state index contributed by atoms with van der Waals surface area (Å²) in [7, 11) is 0. The topological polar surface area (TPSA) is 19.6 Å². The number of fused-ring (bicyclic) bond motifs is 3. The molecule has 10 aromatic rings. The molecule has 0 aliphatic carbocycles. The van der Waals surface area contributed by atoms with E-state index in [4.69, 9.17) is 4.42 Å². The lowest BCUT2D eigenvalue weighted by Crippen LogP contribution is -2.10. The van der Waals surface area contributed by atoms with Crippen LogP contribution in [0.3, 0.4) is 0 Å². The van der Waals surface area contributed by atoms with Gasteiger partial charge in [-0.25, -0.2) is 0 Å². The first-order valence-corrected chi connectivity index (χ1v) is 19.3. The molecule has 1 aromatic heterocycles. The van der Waals surface area contributed by atoms with Crippen molar-refractivity contribution in [2.24, 2.45) is 0 Å². The third kappa shape index (κ3) is 6.73. The smallest absolute Gasteiger partial charge is 0.137 e. The lowest BCUT2D eigenvalue weighted by molar-refractivity contribution is 0.669. The van der Waals surface area contributed by atoms with Crippen molar-refractivity contribution in [3.63, 3.8) is 0 Å². The largest absolute Gasteiger partial charge is 0.456 e. The number of furan rings is 1. The molecule has 0 atom stereocenters. The van der Waals surface area contributed by atoms with Crippen LogP contribution in [-0.4, -0.2) is 0 Å². The molecule has 0 bridgehead atoms. The number of benzene rings is 9. The van der Waals surface area contributed by atoms with Crippen molar-refractivity contribution < 1.29 is 4.42 Å². The number of anilines is 6. The Morgan fingerprint density at radius 2 is 0.544 bits per heavy atom. The fourth-order valence-electron chi connectivity index (χ4n) is 7.80. The van der Waals surface area contributed by atoms with Gasteiger partial charge in [0.25, 0.3) is 0 Å². The highest BCUT2D eigenvalue weighted by molar-refractivity contribution is 6.06. The van der Waals surface area contributed by atoms with Gasteiger partial charge in [-0.15, -0.1) is 0 Å². The lowest BCUT2D eigenvalue weighted by atomic mass is 10.0. The Hall–Kier alpha value is -7.62. The van der Waals surface area contributed by atoms with E-state index in [0.717, 1.165) is 67.2 Å². The highest BCUT2D eigenvalue weighted by Gasteiger charge is 2.17. The number of hydrogen-bond acceptors (Lipinski definition) is 3. The predicted molar refractivity (Wildman–Crippen MR) is 239 cm³/mol. The van der Waals surface area contributed by atoms with Gasteiger partial charge < -0.3 is 14.2 Å². The quantitative estimate of drug-likeness (QED) is 0.147. The first-order chi connectivity index (χ1) is 28.2. The summed E-state index contributed by atoms with van der Waals surface area (Å²) in [6.45, 7) is 0. The van der Waals surface area contributed by atoms with Crippen molar-refractivity contribution in [2.75, 3.05) is 9.80 Å². The van der Waals surface area contributed by atoms with Crippen molar-refractivity contribution in [1.82, 2.24) is 0 Å². The zero-order valence-corrected chi connectivity index (χ0v) is 31.2. The van der Waals surface area contributed by atoms with Gasteiger partial charge in [-0.2, -0.15) is 0 Å². The van der Waals surface area contributed by atoms with E-state index in [1.807, 2.05) is 12.1 Å². The minimum atomic E-state index is 0.875. The molecule has 0 N–H and O–H groups in total. The normalized spacial score (nSPS) is 11.2. The Labute approximate surface area is 333 Å². The SMILES string of the molecule is c1ccc(-c2ccc(N(c3ccc(-c4ccccc4)cc3)c3ccc(-c4ccc(N(c5ccccc5)c5ccc6c(c5)oc5ccccc56)cc4)cc3)cc2)cc1. The van der Waals surface area contributed by atoms with Crippen LogP contribution >= 0.6 is 0 Å². The molecule has 0 aliphatic heterocycles. The summed E-state index contributed by atoms with van der Waals surface area (Å²) in [4.78, 5) is 4.61. The molecule has 0 spiro atoms. The summed E-state index contributed by atoms with van der Waals surface area (Å²) in [5.41, 5.74) is 15.4. The van der Waals surface area contributed by atoms with Crippen LogP contribution in [-0.2, 0) is 0 Å². The molecule has 3 nitrogen and oxygen atoms in total. The minimum Gasteiger partial charge on any atom is -0.456 e. The Morgan fingerprint density at radius 1 is 0.228 bits per heavy atom. The van der Waals surface area contributed by atoms with E-state index in [1.165, 1.54) is 22.3 Å². The molecule has 270 valence electrons. The highest BCUT2D eigenvalue weighted by atomic mass is 16.3. The lowest BCUT2D eigenvalue weighted by Gasteiger charge is -2.26. The molecule has 0 aliphatic rings. The van der Waals surface area contributed by atoms with Gasteiger partial charge in [-0.1, -0.05) is 146 Å². The number of rotatable bonds is 9. The van der Waals surface area contributed by atoms with Gasteiger partial charge in [0.05, 0.1) is 0 Å². The number of hydrogen-bond donors (Lipinski definition) is 0. The Morgan fingerprint density at radius 3 is 1.00 bits per heavy atom. The van der Waals surface area contributed by atoms with Crippen LogP contribution in [0, 0.1) is 0 Å². The average molecular weight is 731 g/mol. The Bertz CT molecular complexity index is 2820. The molecule has 0 radical (unpaired) electrons. The van der Waals surface area contributed by atoms with Crippen molar-refractivity contribution in [3.05, 3.63) is 231 Å². The fourth-order valence-corrected chi connectivity index (χ4v) is 7.80. The third-order valence-corrected chi connectivity index (χ3v) is 10.7. The van der Waals surface area contributed by atoms with Gasteiger partial charge in [0.1, 0.15) is 11.2 Å². The molecular weight excluding hydrogens is 693 g/mol. The molecule has 57 heavy (non-hydrogen) atoms. The van der Waals surface area contributed by atoms with Gasteiger partial charge in [0.15, 0.2) is 0 Å². The van der Waals surface area contributed by atoms with Gasteiger partial charge in [0.2, 0.25) is 0 Å². The van der Waals surface area contributed by atoms with E-state index in [1.54, 1.807) is 0 Å². The monoisotopic (exact) mass is 730 g/mol. The van der Waals surface area contributed by atoms with Crippen LogP contribution in [0.1, 0.15) is 0 Å². The Kier molecular flexibility index (Phi) is 8.86. The van der Waals surface area contributed by atoms with Gasteiger partial charge in [-0.05, 0) is 112 Å². The summed E-state index contributed by atoms with van der Waals surface area (Å²) >= 11 is 0. The summed E-state index contributed by atoms with van der Waals surface area (Å²) in [6.07, 6.45) is 0. The number of nitrogens with zero attached hydrogens (tertiary/aromatic N) is 2. The minimum absolute atomic E-state index is 0.875. The van der Waals surface area contributed by atoms with E-state index in [2.05, 4.69) is 228 Å². The molecule has 0 unspecified atom stereocenters. The van der Waals surface area contributed by atoms with Gasteiger partial charge >= 0.3 is 0 Å². The molecule has 9 aromatic carbocycles. The number of para-hydroxylation sites is 2. The van der Waals surface area contributed by atoms with E-state index < -0.39 is 0 Å². The summed E-state index contributed by atoms with van der Waals surface area (Å²) < 4.78 is 6.29. The summed E-state index contributed by atoms with van der Waals surface area (Å²) in [5.74, 6) is 0. The van der Waals surface area contributed by atoms with E-state index in [0.29, 0.717) is 0 Å². The summed E-state index contributed by atoms with van der Waals surface area (Å²) in [6, 6.07) is 81.7. The van der Waals surface area contributed by atoms with Crippen molar-refractivity contribution in [1.29, 1.82) is 0 Å². The van der Waals surface area contributed by atoms with Crippen LogP contribution in [0.25, 0.3) is 55.3 Å². The fraction of sp³-hybridized carbons (Fsp3) is 0. The molecule has 0 saturated carbocycles. The van der Waals surface area contributed by atoms with Crippen molar-refractivity contribution >= 4 is 56.1 Å². The average Bonchev–Trinajstić information content (AvgIpc) is 3.67. The molecule has 10 rings (SSSR count). The first kappa shape index (κ1) is 33.9. The second kappa shape index (κ2) is 14.9. The predicted octanol–water partition coefficient (Wildman–Crippen LogP) is 15.5. The summed E-state index contributed by atoms with van der Waals surface area (Å²) in [5, 5.41) is 2.25. The highest BCUT2D eigenvalue weighted by Crippen LogP contribution is 2.41. The zero-order valence-electron chi connectivity index (χ0n) is 31.2. The molecule has 0 fully saturated rings. The van der Waals surface area contributed by atoms with E-state index >= 15 is 0 Å². The van der Waals surface area contributed by atoms with Crippen molar-refractivity contribution in [3.8, 4) is 33.4 Å². The zero-order chi connectivity index (χ0) is 38.0. The second-order valence-corrected chi connectivity index (χ2v) is 14.2. The van der Waals surface area contributed by atoms with E-state index in [-0.39, 0.29) is 0 Å². The maximum atomic E-state index is 6.29. The van der Waals surface area contributed by atoms with Crippen LogP contribution in [0.2, 0.25) is 0 Å². The molecule has 0 saturated heterocycles. The van der Waals surface area contributed by atoms with Crippen LogP contribution in [0.4, 0.5) is 34.1 Å². The molecular formula is C54H38N2O. The van der Waals surface area contributed by atoms with Crippen LogP contribution in [0.15, 0.2) is 235 Å². The van der Waals surface area contributed by atoms with Crippen LogP contribution in [0.5, 0.6) is 0 Å². The molecule has 3 heteroatoms. The van der Waals surface area contributed by atoms with Crippen molar-refractivity contribution in [2.45, 2.75) is 0 Å². The van der Waals surface area contributed by atoms with Gasteiger partial charge in [-0.3, -0.25) is 0 Å². The van der Waals surface area contributed by atoms with E-state index in [9.17, 15) is 0 Å². The molecule has 1 heterocycles. The third-order valence-electron chi connectivity index (χ3n) is 10.7.